The largest absolute Gasteiger partial charge is 0.393 e. The van der Waals surface area contributed by atoms with Gasteiger partial charge in [0.15, 0.2) is 0 Å². The molecule has 0 aliphatic heterocycles. The van der Waals surface area contributed by atoms with E-state index in [0.29, 0.717) is 5.92 Å². The first-order valence-electron chi connectivity index (χ1n) is 3.84. The summed E-state index contributed by atoms with van der Waals surface area (Å²) >= 11 is 0. The van der Waals surface area contributed by atoms with Gasteiger partial charge in [-0.05, 0) is 19.3 Å². The molecule has 56 valence electrons. The second-order valence-corrected chi connectivity index (χ2v) is 2.98. The third-order valence-corrected chi connectivity index (χ3v) is 1.52. The lowest BCUT2D eigenvalue weighted by atomic mass is 10.00. The molecule has 9 heavy (non-hydrogen) atoms. The van der Waals surface area contributed by atoms with Crippen LogP contribution in [0.15, 0.2) is 0 Å². The minimum Gasteiger partial charge on any atom is -0.393 e. The van der Waals surface area contributed by atoms with Crippen molar-refractivity contribution < 1.29 is 5.11 Å². The van der Waals surface area contributed by atoms with Gasteiger partial charge in [0.25, 0.3) is 0 Å². The molecule has 2 atom stereocenters. The van der Waals surface area contributed by atoms with E-state index in [2.05, 4.69) is 13.8 Å². The van der Waals surface area contributed by atoms with E-state index in [-0.39, 0.29) is 6.10 Å². The maximum Gasteiger partial charge on any atom is 0.0514 e. The van der Waals surface area contributed by atoms with Crippen LogP contribution in [0.25, 0.3) is 0 Å². The third-order valence-electron chi connectivity index (χ3n) is 1.52. The fourth-order valence-electron chi connectivity index (χ4n) is 1.19. The lowest BCUT2D eigenvalue weighted by molar-refractivity contribution is 0.161. The molecular weight excluding hydrogens is 112 g/mol. The Hall–Kier alpha value is -0.0400. The van der Waals surface area contributed by atoms with E-state index >= 15 is 0 Å². The topological polar surface area (TPSA) is 20.2 Å². The van der Waals surface area contributed by atoms with Crippen LogP contribution in [0.5, 0.6) is 0 Å². The number of hydrogen-bond acceptors (Lipinski definition) is 1. The molecule has 0 fully saturated rings. The van der Waals surface area contributed by atoms with Gasteiger partial charge in [-0.25, -0.2) is 0 Å². The van der Waals surface area contributed by atoms with Crippen LogP contribution in [0.2, 0.25) is 0 Å². The normalized spacial score (nSPS) is 17.3. The quantitative estimate of drug-likeness (QED) is 0.618. The van der Waals surface area contributed by atoms with Crippen molar-refractivity contribution in [2.45, 2.75) is 46.1 Å². The molecule has 0 aliphatic rings. The number of hydrogen-bond donors (Lipinski definition) is 1. The van der Waals surface area contributed by atoms with Crippen LogP contribution in [-0.2, 0) is 0 Å². The van der Waals surface area contributed by atoms with Crippen LogP contribution in [0.3, 0.4) is 0 Å². The fourth-order valence-corrected chi connectivity index (χ4v) is 1.19. The molecule has 0 saturated heterocycles. The summed E-state index contributed by atoms with van der Waals surface area (Å²) in [5, 5.41) is 8.95. The van der Waals surface area contributed by atoms with Crippen molar-refractivity contribution in [1.82, 2.24) is 0 Å². The molecule has 0 aromatic heterocycles. The number of aliphatic hydroxyl groups excluding tert-OH is 1. The first-order chi connectivity index (χ1) is 4.16. The Morgan fingerprint density at radius 3 is 2.22 bits per heavy atom. The van der Waals surface area contributed by atoms with Gasteiger partial charge in [-0.2, -0.15) is 0 Å². The summed E-state index contributed by atoms with van der Waals surface area (Å²) in [4.78, 5) is 0. The van der Waals surface area contributed by atoms with Crippen molar-refractivity contribution in [2.24, 2.45) is 5.92 Å². The van der Waals surface area contributed by atoms with Gasteiger partial charge in [0.2, 0.25) is 0 Å². The summed E-state index contributed by atoms with van der Waals surface area (Å²) in [6.45, 7) is 6.22. The van der Waals surface area contributed by atoms with Crippen molar-refractivity contribution in [3.63, 3.8) is 0 Å². The molecule has 0 rings (SSSR count). The van der Waals surface area contributed by atoms with Gasteiger partial charge in [0.05, 0.1) is 6.10 Å². The van der Waals surface area contributed by atoms with E-state index in [4.69, 9.17) is 5.11 Å². The average Bonchev–Trinajstić information content (AvgIpc) is 1.63. The molecular formula is C8H18O. The highest BCUT2D eigenvalue weighted by atomic mass is 16.3. The summed E-state index contributed by atoms with van der Waals surface area (Å²) in [5.74, 6) is 0.690. The predicted octanol–water partition coefficient (Wildman–Crippen LogP) is 2.19. The molecule has 1 nitrogen and oxygen atoms in total. The maximum absolute atomic E-state index is 8.95. The molecule has 0 aromatic carbocycles. The average molecular weight is 130 g/mol. The first kappa shape index (κ1) is 8.96. The maximum atomic E-state index is 8.95. The molecule has 0 saturated carbocycles. The second-order valence-electron chi connectivity index (χ2n) is 2.98. The number of rotatable bonds is 4. The molecule has 0 amide bonds. The SMILES string of the molecule is CCC[C@@H](C)C[C@@H](C)O. The molecule has 0 aromatic rings. The zero-order valence-electron chi connectivity index (χ0n) is 6.72. The minimum atomic E-state index is -0.119. The smallest absolute Gasteiger partial charge is 0.0514 e. The Morgan fingerprint density at radius 1 is 1.33 bits per heavy atom. The van der Waals surface area contributed by atoms with E-state index in [1.807, 2.05) is 6.92 Å². The van der Waals surface area contributed by atoms with E-state index in [9.17, 15) is 0 Å². The second kappa shape index (κ2) is 4.80. The van der Waals surface area contributed by atoms with Crippen molar-refractivity contribution in [2.75, 3.05) is 0 Å². The molecule has 0 radical (unpaired) electrons. The zero-order chi connectivity index (χ0) is 7.28. The Balaban J connectivity index is 3.15. The highest BCUT2D eigenvalue weighted by Crippen LogP contribution is 2.11. The van der Waals surface area contributed by atoms with E-state index in [0.717, 1.165) is 6.42 Å². The highest BCUT2D eigenvalue weighted by molar-refractivity contribution is 4.55. The van der Waals surface area contributed by atoms with Gasteiger partial charge in [-0.1, -0.05) is 26.7 Å². The van der Waals surface area contributed by atoms with Crippen LogP contribution in [0.4, 0.5) is 0 Å². The summed E-state index contributed by atoms with van der Waals surface area (Å²) in [6, 6.07) is 0. The third kappa shape index (κ3) is 5.84. The predicted molar refractivity (Wildman–Crippen MR) is 40.4 cm³/mol. The number of aliphatic hydroxyl groups is 1. The van der Waals surface area contributed by atoms with Crippen LogP contribution in [0.1, 0.15) is 40.0 Å². The molecule has 1 N–H and O–H groups in total. The van der Waals surface area contributed by atoms with Gasteiger partial charge in [-0.15, -0.1) is 0 Å². The van der Waals surface area contributed by atoms with E-state index in [1.54, 1.807) is 0 Å². The van der Waals surface area contributed by atoms with Crippen molar-refractivity contribution in [3.05, 3.63) is 0 Å². The summed E-state index contributed by atoms with van der Waals surface area (Å²) in [6.07, 6.45) is 3.30. The zero-order valence-corrected chi connectivity index (χ0v) is 6.72. The molecule has 0 bridgehead atoms. The molecule has 0 unspecified atom stereocenters. The van der Waals surface area contributed by atoms with E-state index in [1.165, 1.54) is 12.8 Å². The van der Waals surface area contributed by atoms with Crippen LogP contribution in [-0.4, -0.2) is 11.2 Å². The van der Waals surface area contributed by atoms with Gasteiger partial charge in [0.1, 0.15) is 0 Å². The van der Waals surface area contributed by atoms with Crippen molar-refractivity contribution in [3.8, 4) is 0 Å². The molecule has 0 heterocycles. The van der Waals surface area contributed by atoms with Gasteiger partial charge in [-0.3, -0.25) is 0 Å². The van der Waals surface area contributed by atoms with E-state index < -0.39 is 0 Å². The van der Waals surface area contributed by atoms with Crippen molar-refractivity contribution in [1.29, 1.82) is 0 Å². The first-order valence-corrected chi connectivity index (χ1v) is 3.84. The van der Waals surface area contributed by atoms with Gasteiger partial charge in [0, 0.05) is 0 Å². The molecule has 0 aliphatic carbocycles. The Bertz CT molecular complexity index is 59.6. The minimum absolute atomic E-state index is 0.119. The van der Waals surface area contributed by atoms with Crippen LogP contribution < -0.4 is 0 Å². The van der Waals surface area contributed by atoms with Gasteiger partial charge >= 0.3 is 0 Å². The standard InChI is InChI=1S/C8H18O/c1-4-5-7(2)6-8(3)9/h7-9H,4-6H2,1-3H3/t7-,8-/m1/s1. The van der Waals surface area contributed by atoms with Crippen molar-refractivity contribution >= 4 is 0 Å². The Kier molecular flexibility index (Phi) is 4.78. The Labute approximate surface area is 58.1 Å². The highest BCUT2D eigenvalue weighted by Gasteiger charge is 2.03. The Morgan fingerprint density at radius 2 is 1.89 bits per heavy atom. The van der Waals surface area contributed by atoms with Crippen LogP contribution in [0, 0.1) is 5.92 Å². The molecule has 1 heteroatoms. The lowest BCUT2D eigenvalue weighted by Gasteiger charge is -2.10. The lowest BCUT2D eigenvalue weighted by Crippen LogP contribution is -2.06. The fraction of sp³-hybridized carbons (Fsp3) is 1.00. The summed E-state index contributed by atoms with van der Waals surface area (Å²) < 4.78 is 0. The summed E-state index contributed by atoms with van der Waals surface area (Å²) in [7, 11) is 0. The molecule has 0 spiro atoms. The van der Waals surface area contributed by atoms with Crippen LogP contribution >= 0.6 is 0 Å². The van der Waals surface area contributed by atoms with Gasteiger partial charge < -0.3 is 5.11 Å². The summed E-state index contributed by atoms with van der Waals surface area (Å²) in [5.41, 5.74) is 0. The monoisotopic (exact) mass is 130 g/mol.